The number of rotatable bonds is 6. The molecule has 0 aliphatic rings. The Morgan fingerprint density at radius 2 is 1.94 bits per heavy atom. The Morgan fingerprint density at radius 3 is 2.50 bits per heavy atom. The molecule has 1 amide bonds. The molecule has 2 atom stereocenters. The van der Waals surface area contributed by atoms with Crippen LogP contribution in [0.25, 0.3) is 0 Å². The maximum Gasteiger partial charge on any atom is 0.241 e. The van der Waals surface area contributed by atoms with Crippen molar-refractivity contribution in [3.05, 3.63) is 35.9 Å². The molecule has 1 unspecified atom stereocenters. The first kappa shape index (κ1) is 14.7. The van der Waals surface area contributed by atoms with Crippen LogP contribution in [-0.4, -0.2) is 23.7 Å². The third-order valence-corrected chi connectivity index (χ3v) is 2.70. The number of carbonyl (C=O) groups excluding carboxylic acids is 1. The molecule has 0 aliphatic carbocycles. The van der Waals surface area contributed by atoms with Gasteiger partial charge in [0.25, 0.3) is 0 Å². The first-order chi connectivity index (χ1) is 8.50. The topological polar surface area (TPSA) is 75.3 Å². The summed E-state index contributed by atoms with van der Waals surface area (Å²) in [5.74, 6) is 0.142. The van der Waals surface area contributed by atoms with Crippen molar-refractivity contribution < 1.29 is 9.90 Å². The van der Waals surface area contributed by atoms with Crippen molar-refractivity contribution in [2.45, 2.75) is 32.4 Å². The van der Waals surface area contributed by atoms with Gasteiger partial charge in [-0.15, -0.1) is 0 Å². The van der Waals surface area contributed by atoms with Gasteiger partial charge in [-0.25, -0.2) is 0 Å². The number of hydrogen-bond acceptors (Lipinski definition) is 3. The van der Waals surface area contributed by atoms with Gasteiger partial charge in [0.05, 0.1) is 6.10 Å². The van der Waals surface area contributed by atoms with Crippen LogP contribution in [-0.2, 0) is 4.79 Å². The molecule has 100 valence electrons. The summed E-state index contributed by atoms with van der Waals surface area (Å²) in [5.41, 5.74) is 6.60. The molecule has 0 radical (unpaired) electrons. The summed E-state index contributed by atoms with van der Waals surface area (Å²) in [6.07, 6.45) is 0.151. The van der Waals surface area contributed by atoms with Crippen molar-refractivity contribution in [2.75, 3.05) is 6.54 Å². The quantitative estimate of drug-likeness (QED) is 0.710. The van der Waals surface area contributed by atoms with Crippen LogP contribution in [0.4, 0.5) is 0 Å². The summed E-state index contributed by atoms with van der Waals surface area (Å²) in [5, 5.41) is 12.3. The van der Waals surface area contributed by atoms with Crippen LogP contribution in [0.1, 0.15) is 31.9 Å². The number of benzene rings is 1. The molecule has 0 saturated heterocycles. The minimum Gasteiger partial charge on any atom is -0.391 e. The van der Waals surface area contributed by atoms with E-state index in [4.69, 9.17) is 5.73 Å². The third kappa shape index (κ3) is 4.85. The maximum absolute atomic E-state index is 11.8. The van der Waals surface area contributed by atoms with Crippen molar-refractivity contribution in [3.63, 3.8) is 0 Å². The summed E-state index contributed by atoms with van der Waals surface area (Å²) in [6.45, 7) is 4.30. The molecule has 0 fully saturated rings. The van der Waals surface area contributed by atoms with Gasteiger partial charge in [-0.05, 0) is 17.9 Å². The van der Waals surface area contributed by atoms with Crippen molar-refractivity contribution in [1.29, 1.82) is 0 Å². The number of aliphatic hydroxyl groups is 1. The van der Waals surface area contributed by atoms with E-state index in [-0.39, 0.29) is 12.5 Å². The van der Waals surface area contributed by atoms with E-state index in [1.165, 1.54) is 0 Å². The van der Waals surface area contributed by atoms with Crippen LogP contribution >= 0.6 is 0 Å². The van der Waals surface area contributed by atoms with E-state index in [1.54, 1.807) is 0 Å². The SMILES string of the molecule is CC(C)CC(O)CNC(=O)[C@@H](N)c1ccccc1. The average Bonchev–Trinajstić information content (AvgIpc) is 2.35. The summed E-state index contributed by atoms with van der Waals surface area (Å²) in [7, 11) is 0. The second-order valence-electron chi connectivity index (χ2n) is 4.92. The molecule has 1 aromatic rings. The Hall–Kier alpha value is -1.39. The molecular weight excluding hydrogens is 228 g/mol. The van der Waals surface area contributed by atoms with Gasteiger partial charge in [0.15, 0.2) is 0 Å². The lowest BCUT2D eigenvalue weighted by molar-refractivity contribution is -0.123. The van der Waals surface area contributed by atoms with E-state index in [2.05, 4.69) is 5.32 Å². The zero-order chi connectivity index (χ0) is 13.5. The number of hydrogen-bond donors (Lipinski definition) is 3. The molecule has 0 spiro atoms. The highest BCUT2D eigenvalue weighted by atomic mass is 16.3. The summed E-state index contributed by atoms with van der Waals surface area (Å²) < 4.78 is 0. The van der Waals surface area contributed by atoms with Gasteiger partial charge in [-0.2, -0.15) is 0 Å². The molecule has 0 saturated carbocycles. The van der Waals surface area contributed by atoms with Gasteiger partial charge < -0.3 is 16.2 Å². The Bertz CT molecular complexity index is 365. The molecular formula is C14H22N2O2. The molecule has 4 N–H and O–H groups in total. The monoisotopic (exact) mass is 250 g/mol. The first-order valence-corrected chi connectivity index (χ1v) is 6.27. The van der Waals surface area contributed by atoms with Crippen LogP contribution in [0.15, 0.2) is 30.3 Å². The van der Waals surface area contributed by atoms with Crippen molar-refractivity contribution in [3.8, 4) is 0 Å². The Labute approximate surface area is 108 Å². The minimum absolute atomic E-state index is 0.248. The highest BCUT2D eigenvalue weighted by Crippen LogP contribution is 2.09. The molecule has 4 heteroatoms. The fourth-order valence-corrected chi connectivity index (χ4v) is 1.77. The van der Waals surface area contributed by atoms with Crippen molar-refractivity contribution in [1.82, 2.24) is 5.32 Å². The highest BCUT2D eigenvalue weighted by molar-refractivity contribution is 5.82. The molecule has 4 nitrogen and oxygen atoms in total. The molecule has 0 aromatic heterocycles. The molecule has 1 aromatic carbocycles. The summed E-state index contributed by atoms with van der Waals surface area (Å²) in [4.78, 5) is 11.8. The fourth-order valence-electron chi connectivity index (χ4n) is 1.77. The minimum atomic E-state index is -0.683. The van der Waals surface area contributed by atoms with Gasteiger partial charge in [-0.3, -0.25) is 4.79 Å². The van der Waals surface area contributed by atoms with E-state index in [0.29, 0.717) is 12.3 Å². The second-order valence-corrected chi connectivity index (χ2v) is 4.92. The van der Waals surface area contributed by atoms with Gasteiger partial charge >= 0.3 is 0 Å². The molecule has 0 heterocycles. The van der Waals surface area contributed by atoms with Crippen molar-refractivity contribution >= 4 is 5.91 Å². The van der Waals surface area contributed by atoms with E-state index in [9.17, 15) is 9.90 Å². The number of carbonyl (C=O) groups is 1. The van der Waals surface area contributed by atoms with E-state index in [0.717, 1.165) is 5.56 Å². The van der Waals surface area contributed by atoms with E-state index >= 15 is 0 Å². The van der Waals surface area contributed by atoms with E-state index in [1.807, 2.05) is 44.2 Å². The largest absolute Gasteiger partial charge is 0.391 e. The number of nitrogens with two attached hydrogens (primary N) is 1. The number of amides is 1. The van der Waals surface area contributed by atoms with Crippen LogP contribution in [0, 0.1) is 5.92 Å². The Balaban J connectivity index is 2.41. The fraction of sp³-hybridized carbons (Fsp3) is 0.500. The highest BCUT2D eigenvalue weighted by Gasteiger charge is 2.16. The van der Waals surface area contributed by atoms with Crippen molar-refractivity contribution in [2.24, 2.45) is 11.7 Å². The smallest absolute Gasteiger partial charge is 0.241 e. The predicted octanol–water partition coefficient (Wildman–Crippen LogP) is 1.21. The zero-order valence-corrected chi connectivity index (χ0v) is 11.0. The number of aliphatic hydroxyl groups excluding tert-OH is 1. The normalized spacial score (nSPS) is 14.3. The second kappa shape index (κ2) is 7.13. The lowest BCUT2D eigenvalue weighted by atomic mass is 10.1. The molecule has 0 aliphatic heterocycles. The van der Waals surface area contributed by atoms with Crippen LogP contribution in [0.2, 0.25) is 0 Å². The third-order valence-electron chi connectivity index (χ3n) is 2.70. The van der Waals surface area contributed by atoms with Crippen LogP contribution in [0.5, 0.6) is 0 Å². The summed E-state index contributed by atoms with van der Waals surface area (Å²) in [6, 6.07) is 8.51. The van der Waals surface area contributed by atoms with Gasteiger partial charge in [0.2, 0.25) is 5.91 Å². The average molecular weight is 250 g/mol. The summed E-state index contributed by atoms with van der Waals surface area (Å²) >= 11 is 0. The van der Waals surface area contributed by atoms with Crippen LogP contribution < -0.4 is 11.1 Å². The number of nitrogens with one attached hydrogen (secondary N) is 1. The maximum atomic E-state index is 11.8. The van der Waals surface area contributed by atoms with E-state index < -0.39 is 12.1 Å². The van der Waals surface area contributed by atoms with Gasteiger partial charge in [-0.1, -0.05) is 44.2 Å². The molecule has 1 rings (SSSR count). The van der Waals surface area contributed by atoms with Crippen LogP contribution in [0.3, 0.4) is 0 Å². The lowest BCUT2D eigenvalue weighted by Gasteiger charge is -2.16. The Morgan fingerprint density at radius 1 is 1.33 bits per heavy atom. The molecule has 18 heavy (non-hydrogen) atoms. The Kier molecular flexibility index (Phi) is 5.82. The predicted molar refractivity (Wildman–Crippen MR) is 71.8 cm³/mol. The standard InChI is InChI=1S/C14H22N2O2/c1-10(2)8-12(17)9-16-14(18)13(15)11-6-4-3-5-7-11/h3-7,10,12-13,17H,8-9,15H2,1-2H3,(H,16,18)/t12?,13-/m0/s1. The molecule has 0 bridgehead atoms. The lowest BCUT2D eigenvalue weighted by Crippen LogP contribution is -2.38. The van der Waals surface area contributed by atoms with Gasteiger partial charge in [0.1, 0.15) is 6.04 Å². The first-order valence-electron chi connectivity index (χ1n) is 6.27. The zero-order valence-electron chi connectivity index (χ0n) is 11.0. The van der Waals surface area contributed by atoms with Gasteiger partial charge in [0, 0.05) is 6.54 Å².